The molecule has 2 aromatic heterocycles. The van der Waals surface area contributed by atoms with Gasteiger partial charge in [-0.25, -0.2) is 18.4 Å². The van der Waals surface area contributed by atoms with Crippen molar-refractivity contribution in [3.05, 3.63) is 60.6 Å². The fourth-order valence-corrected chi connectivity index (χ4v) is 4.94. The van der Waals surface area contributed by atoms with Crippen LogP contribution in [0.4, 0.5) is 5.95 Å². The van der Waals surface area contributed by atoms with Gasteiger partial charge in [-0.1, -0.05) is 12.1 Å². The molecule has 0 N–H and O–H groups in total. The lowest BCUT2D eigenvalue weighted by Gasteiger charge is -2.19. The van der Waals surface area contributed by atoms with Gasteiger partial charge in [-0.05, 0) is 48.6 Å². The third-order valence-corrected chi connectivity index (χ3v) is 7.31. The standard InChI is InChI=1S/C23H24N4O3S/c1-15-9-25-23(26-10-15)27-12-19-20(13-27)21(19)14-30-17-5-8-22(24-11-17)16-3-6-18(7-4-16)31(2,28)29/h3-11,19-21H,12-14H2,1-2H3/t19-,20?,21?/m1/s1. The molecule has 3 aromatic rings. The summed E-state index contributed by atoms with van der Waals surface area (Å²) in [5.74, 6) is 3.43. The molecule has 0 amide bonds. The second-order valence-electron chi connectivity index (χ2n) is 8.44. The summed E-state index contributed by atoms with van der Waals surface area (Å²) in [5, 5.41) is 0. The molecule has 0 radical (unpaired) electrons. The van der Waals surface area contributed by atoms with Crippen LogP contribution in [0.5, 0.6) is 5.75 Å². The number of fused-ring (bicyclic) bond motifs is 1. The molecule has 3 heterocycles. The molecule has 160 valence electrons. The number of rotatable bonds is 6. The summed E-state index contributed by atoms with van der Waals surface area (Å²) in [4.78, 5) is 15.9. The molecule has 2 unspecified atom stereocenters. The Balaban J connectivity index is 1.14. The quantitative estimate of drug-likeness (QED) is 0.587. The first-order chi connectivity index (χ1) is 14.9. The lowest BCUT2D eigenvalue weighted by molar-refractivity contribution is 0.282. The maximum Gasteiger partial charge on any atom is 0.225 e. The second-order valence-corrected chi connectivity index (χ2v) is 10.5. The summed E-state index contributed by atoms with van der Waals surface area (Å²) in [7, 11) is -3.20. The van der Waals surface area contributed by atoms with Crippen molar-refractivity contribution < 1.29 is 13.2 Å². The molecule has 8 heteroatoms. The van der Waals surface area contributed by atoms with Crippen molar-refractivity contribution in [3.8, 4) is 17.0 Å². The molecule has 0 spiro atoms. The number of hydrogen-bond acceptors (Lipinski definition) is 7. The fourth-order valence-electron chi connectivity index (χ4n) is 4.31. The lowest BCUT2D eigenvalue weighted by atomic mass is 10.1. The summed E-state index contributed by atoms with van der Waals surface area (Å²) in [6.45, 7) is 4.67. The molecule has 31 heavy (non-hydrogen) atoms. The highest BCUT2D eigenvalue weighted by Crippen LogP contribution is 2.52. The number of anilines is 1. The van der Waals surface area contributed by atoms with Gasteiger partial charge in [0.25, 0.3) is 0 Å². The Morgan fingerprint density at radius 3 is 2.23 bits per heavy atom. The minimum Gasteiger partial charge on any atom is -0.492 e. The van der Waals surface area contributed by atoms with Gasteiger partial charge in [0.05, 0.1) is 23.4 Å². The van der Waals surface area contributed by atoms with E-state index in [0.717, 1.165) is 41.6 Å². The molecular formula is C23H24N4O3S. The minimum absolute atomic E-state index is 0.304. The van der Waals surface area contributed by atoms with Crippen molar-refractivity contribution >= 4 is 15.8 Å². The molecule has 1 aliphatic heterocycles. The van der Waals surface area contributed by atoms with Crippen molar-refractivity contribution in [1.29, 1.82) is 0 Å². The van der Waals surface area contributed by atoms with Gasteiger partial charge in [-0.15, -0.1) is 0 Å². The smallest absolute Gasteiger partial charge is 0.225 e. The Morgan fingerprint density at radius 2 is 1.65 bits per heavy atom. The molecule has 1 saturated carbocycles. The zero-order valence-electron chi connectivity index (χ0n) is 17.5. The van der Waals surface area contributed by atoms with Gasteiger partial charge in [0.15, 0.2) is 9.84 Å². The van der Waals surface area contributed by atoms with Crippen LogP contribution < -0.4 is 9.64 Å². The number of pyridine rings is 1. The summed E-state index contributed by atoms with van der Waals surface area (Å²) >= 11 is 0. The molecule has 2 aliphatic rings. The Hall–Kier alpha value is -3.00. The van der Waals surface area contributed by atoms with Gasteiger partial charge in [0.2, 0.25) is 5.95 Å². The van der Waals surface area contributed by atoms with Crippen LogP contribution in [0.3, 0.4) is 0 Å². The average Bonchev–Trinajstić information content (AvgIpc) is 3.21. The number of nitrogens with zero attached hydrogens (tertiary/aromatic N) is 4. The number of piperidine rings is 1. The maximum atomic E-state index is 11.6. The molecule has 7 nitrogen and oxygen atoms in total. The fraction of sp³-hybridized carbons (Fsp3) is 0.348. The molecule has 2 fully saturated rings. The van der Waals surface area contributed by atoms with E-state index in [4.69, 9.17) is 4.74 Å². The predicted molar refractivity (Wildman–Crippen MR) is 118 cm³/mol. The number of hydrogen-bond donors (Lipinski definition) is 0. The first kappa shape index (κ1) is 19.9. The minimum atomic E-state index is -3.20. The Kier molecular flexibility index (Phi) is 4.89. The van der Waals surface area contributed by atoms with Crippen molar-refractivity contribution in [2.45, 2.75) is 11.8 Å². The summed E-state index contributed by atoms with van der Waals surface area (Å²) < 4.78 is 29.2. The van der Waals surface area contributed by atoms with Crippen LogP contribution in [-0.4, -0.2) is 49.3 Å². The molecular weight excluding hydrogens is 412 g/mol. The van der Waals surface area contributed by atoms with E-state index in [9.17, 15) is 8.42 Å². The van der Waals surface area contributed by atoms with E-state index in [-0.39, 0.29) is 0 Å². The topological polar surface area (TPSA) is 85.3 Å². The van der Waals surface area contributed by atoms with E-state index >= 15 is 0 Å². The normalized spacial score (nSPS) is 22.3. The second kappa shape index (κ2) is 7.60. The van der Waals surface area contributed by atoms with Crippen LogP contribution in [0.15, 0.2) is 59.9 Å². The Bertz CT molecular complexity index is 1170. The van der Waals surface area contributed by atoms with E-state index in [1.807, 2.05) is 31.5 Å². The van der Waals surface area contributed by atoms with Crippen molar-refractivity contribution in [1.82, 2.24) is 15.0 Å². The number of ether oxygens (including phenoxy) is 1. The van der Waals surface area contributed by atoms with Crippen LogP contribution in [0.1, 0.15) is 5.56 Å². The Morgan fingerprint density at radius 1 is 0.968 bits per heavy atom. The van der Waals surface area contributed by atoms with Crippen molar-refractivity contribution in [2.75, 3.05) is 30.9 Å². The van der Waals surface area contributed by atoms with Crippen LogP contribution in [0, 0.1) is 24.7 Å². The zero-order chi connectivity index (χ0) is 21.6. The SMILES string of the molecule is Cc1cnc(N2CC3C(COc4ccc(-c5ccc(S(C)(=O)=O)cc5)nc4)[C@@H]3C2)nc1. The number of aryl methyl sites for hydroxylation is 1. The summed E-state index contributed by atoms with van der Waals surface area (Å²) in [6, 6.07) is 10.6. The van der Waals surface area contributed by atoms with E-state index in [1.54, 1.807) is 30.5 Å². The third-order valence-electron chi connectivity index (χ3n) is 6.18. The van der Waals surface area contributed by atoms with Gasteiger partial charge in [-0.2, -0.15) is 0 Å². The largest absolute Gasteiger partial charge is 0.492 e. The highest BCUT2D eigenvalue weighted by molar-refractivity contribution is 7.90. The number of aromatic nitrogens is 3. The van der Waals surface area contributed by atoms with Gasteiger partial charge in [0, 0.05) is 43.2 Å². The first-order valence-electron chi connectivity index (χ1n) is 10.3. The molecule has 0 bridgehead atoms. The molecule has 1 aromatic carbocycles. The third kappa shape index (κ3) is 4.12. The van der Waals surface area contributed by atoms with Crippen LogP contribution >= 0.6 is 0 Å². The predicted octanol–water partition coefficient (Wildman–Crippen LogP) is 3.01. The summed E-state index contributed by atoms with van der Waals surface area (Å²) in [5.41, 5.74) is 2.73. The molecule has 1 aliphatic carbocycles. The molecule has 5 rings (SSSR count). The maximum absolute atomic E-state index is 11.6. The van der Waals surface area contributed by atoms with E-state index in [2.05, 4.69) is 19.9 Å². The highest BCUT2D eigenvalue weighted by atomic mass is 32.2. The van der Waals surface area contributed by atoms with Crippen LogP contribution in [-0.2, 0) is 9.84 Å². The van der Waals surface area contributed by atoms with E-state index in [1.165, 1.54) is 6.26 Å². The van der Waals surface area contributed by atoms with Crippen molar-refractivity contribution in [2.24, 2.45) is 17.8 Å². The van der Waals surface area contributed by atoms with Crippen molar-refractivity contribution in [3.63, 3.8) is 0 Å². The summed E-state index contributed by atoms with van der Waals surface area (Å²) in [6.07, 6.45) is 6.66. The van der Waals surface area contributed by atoms with Gasteiger partial charge in [0.1, 0.15) is 5.75 Å². The first-order valence-corrected chi connectivity index (χ1v) is 12.2. The number of benzene rings is 1. The molecule has 1 saturated heterocycles. The zero-order valence-corrected chi connectivity index (χ0v) is 18.3. The lowest BCUT2D eigenvalue weighted by Crippen LogP contribution is -2.27. The molecule has 3 atom stereocenters. The van der Waals surface area contributed by atoms with Gasteiger partial charge in [-0.3, -0.25) is 4.98 Å². The Labute approximate surface area is 182 Å². The monoisotopic (exact) mass is 436 g/mol. The van der Waals surface area contributed by atoms with Gasteiger partial charge >= 0.3 is 0 Å². The number of sulfone groups is 1. The average molecular weight is 437 g/mol. The van der Waals surface area contributed by atoms with E-state index < -0.39 is 9.84 Å². The van der Waals surface area contributed by atoms with Crippen LogP contribution in [0.2, 0.25) is 0 Å². The van der Waals surface area contributed by atoms with Crippen LogP contribution in [0.25, 0.3) is 11.3 Å². The van der Waals surface area contributed by atoms with E-state index in [0.29, 0.717) is 29.3 Å². The highest BCUT2D eigenvalue weighted by Gasteiger charge is 2.56. The van der Waals surface area contributed by atoms with Gasteiger partial charge < -0.3 is 9.64 Å².